The van der Waals surface area contributed by atoms with Gasteiger partial charge in [0.15, 0.2) is 0 Å². The van der Waals surface area contributed by atoms with Gasteiger partial charge in [0.05, 0.1) is 7.11 Å². The van der Waals surface area contributed by atoms with Gasteiger partial charge in [0.25, 0.3) is 0 Å². The van der Waals surface area contributed by atoms with Crippen molar-refractivity contribution in [3.05, 3.63) is 59.7 Å². The highest BCUT2D eigenvalue weighted by Gasteiger charge is 2.15. The molecule has 0 spiro atoms. The van der Waals surface area contributed by atoms with E-state index in [1.807, 2.05) is 36.4 Å². The maximum Gasteiger partial charge on any atom is 0.127 e. The van der Waals surface area contributed by atoms with Crippen molar-refractivity contribution >= 4 is 0 Å². The summed E-state index contributed by atoms with van der Waals surface area (Å²) in [7, 11) is 1.69. The quantitative estimate of drug-likeness (QED) is 0.849. The Balaban J connectivity index is 1.59. The van der Waals surface area contributed by atoms with Crippen LogP contribution < -0.4 is 14.8 Å². The third-order valence-electron chi connectivity index (χ3n) is 3.96. The lowest BCUT2D eigenvalue weighted by molar-refractivity contribution is 0.0826. The number of methoxy groups -OCH3 is 1. The van der Waals surface area contributed by atoms with Crippen LogP contribution in [-0.4, -0.2) is 19.9 Å². The van der Waals surface area contributed by atoms with Crippen molar-refractivity contribution in [1.82, 2.24) is 5.32 Å². The normalized spacial score (nSPS) is 17.2. The van der Waals surface area contributed by atoms with Crippen molar-refractivity contribution in [2.24, 2.45) is 0 Å². The van der Waals surface area contributed by atoms with Crippen LogP contribution in [-0.2, 0) is 17.9 Å². The summed E-state index contributed by atoms with van der Waals surface area (Å²) in [6.45, 7) is 2.13. The first-order chi connectivity index (χ1) is 11.3. The van der Waals surface area contributed by atoms with Gasteiger partial charge in [0.2, 0.25) is 0 Å². The van der Waals surface area contributed by atoms with Crippen LogP contribution in [0.3, 0.4) is 0 Å². The van der Waals surface area contributed by atoms with Crippen LogP contribution in [0.15, 0.2) is 48.5 Å². The number of nitrogens with one attached hydrogen (secondary N) is 1. The summed E-state index contributed by atoms with van der Waals surface area (Å²) >= 11 is 0. The molecule has 0 aliphatic carbocycles. The minimum absolute atomic E-state index is 0.161. The van der Waals surface area contributed by atoms with Gasteiger partial charge in [-0.25, -0.2) is 0 Å². The first-order valence-electron chi connectivity index (χ1n) is 8.04. The topological polar surface area (TPSA) is 39.7 Å². The summed E-state index contributed by atoms with van der Waals surface area (Å²) in [5, 5.41) is 3.41. The fourth-order valence-corrected chi connectivity index (χ4v) is 2.66. The van der Waals surface area contributed by atoms with Crippen LogP contribution in [0.5, 0.6) is 11.5 Å². The Hall–Kier alpha value is -2.04. The lowest BCUT2D eigenvalue weighted by Crippen LogP contribution is -2.27. The molecule has 4 nitrogen and oxygen atoms in total. The monoisotopic (exact) mass is 313 g/mol. The van der Waals surface area contributed by atoms with Crippen LogP contribution in [0.25, 0.3) is 0 Å². The van der Waals surface area contributed by atoms with Gasteiger partial charge < -0.3 is 14.2 Å². The fraction of sp³-hybridized carbons (Fsp3) is 0.368. The molecule has 0 aromatic heterocycles. The highest BCUT2D eigenvalue weighted by molar-refractivity contribution is 5.40. The third kappa shape index (κ3) is 4.47. The van der Waals surface area contributed by atoms with Crippen molar-refractivity contribution in [3.8, 4) is 11.5 Å². The predicted octanol–water partition coefficient (Wildman–Crippen LogP) is 3.50. The zero-order chi connectivity index (χ0) is 15.9. The molecule has 0 radical (unpaired) electrons. The SMILES string of the molecule is COc1cc(OCc2ccccc2)ccc1CNC1CCCO1. The molecule has 2 aromatic rings. The number of hydrogen-bond acceptors (Lipinski definition) is 4. The van der Waals surface area contributed by atoms with E-state index in [9.17, 15) is 0 Å². The standard InChI is InChI=1S/C19H23NO3/c1-21-18-12-17(23-14-15-6-3-2-4-7-15)10-9-16(18)13-20-19-8-5-11-22-19/h2-4,6-7,9-10,12,19-20H,5,8,11,13-14H2,1H3. The van der Waals surface area contributed by atoms with Gasteiger partial charge in [-0.3, -0.25) is 5.32 Å². The maximum absolute atomic E-state index is 5.84. The fourth-order valence-electron chi connectivity index (χ4n) is 2.66. The van der Waals surface area contributed by atoms with Gasteiger partial charge in [-0.15, -0.1) is 0 Å². The van der Waals surface area contributed by atoms with Gasteiger partial charge in [0.1, 0.15) is 24.3 Å². The third-order valence-corrected chi connectivity index (χ3v) is 3.96. The van der Waals surface area contributed by atoms with Crippen LogP contribution in [0, 0.1) is 0 Å². The molecule has 1 N–H and O–H groups in total. The summed E-state index contributed by atoms with van der Waals surface area (Å²) in [5.41, 5.74) is 2.26. The Morgan fingerprint density at radius 3 is 2.78 bits per heavy atom. The predicted molar refractivity (Wildman–Crippen MR) is 89.6 cm³/mol. The molecule has 2 aromatic carbocycles. The van der Waals surface area contributed by atoms with E-state index in [-0.39, 0.29) is 6.23 Å². The summed E-state index contributed by atoms with van der Waals surface area (Å²) in [5.74, 6) is 1.65. The number of benzene rings is 2. The molecule has 0 bridgehead atoms. The van der Waals surface area contributed by atoms with Gasteiger partial charge in [-0.05, 0) is 24.5 Å². The highest BCUT2D eigenvalue weighted by Crippen LogP contribution is 2.25. The minimum atomic E-state index is 0.161. The summed E-state index contributed by atoms with van der Waals surface area (Å²) in [4.78, 5) is 0. The number of hydrogen-bond donors (Lipinski definition) is 1. The van der Waals surface area contributed by atoms with E-state index in [0.717, 1.165) is 48.6 Å². The average Bonchev–Trinajstić information content (AvgIpc) is 3.13. The molecule has 0 amide bonds. The zero-order valence-electron chi connectivity index (χ0n) is 13.5. The Labute approximate surface area is 137 Å². The molecule has 122 valence electrons. The molecule has 4 heteroatoms. The van der Waals surface area contributed by atoms with Gasteiger partial charge in [-0.1, -0.05) is 36.4 Å². The van der Waals surface area contributed by atoms with Crippen molar-refractivity contribution in [1.29, 1.82) is 0 Å². The Morgan fingerprint density at radius 2 is 2.04 bits per heavy atom. The molecule has 1 atom stereocenters. The van der Waals surface area contributed by atoms with E-state index in [1.165, 1.54) is 0 Å². The number of ether oxygens (including phenoxy) is 3. The van der Waals surface area contributed by atoms with Crippen LogP contribution >= 0.6 is 0 Å². The maximum atomic E-state index is 5.84. The van der Waals surface area contributed by atoms with Crippen molar-refractivity contribution < 1.29 is 14.2 Å². The van der Waals surface area contributed by atoms with Crippen LogP contribution in [0.4, 0.5) is 0 Å². The van der Waals surface area contributed by atoms with Gasteiger partial charge in [-0.2, -0.15) is 0 Å². The molecule has 0 saturated carbocycles. The summed E-state index contributed by atoms with van der Waals surface area (Å²) < 4.78 is 16.9. The molecule has 1 heterocycles. The second-order valence-corrected chi connectivity index (χ2v) is 5.63. The van der Waals surface area contributed by atoms with Crippen molar-refractivity contribution in [3.63, 3.8) is 0 Å². The highest BCUT2D eigenvalue weighted by atomic mass is 16.5. The van der Waals surface area contributed by atoms with Crippen molar-refractivity contribution in [2.45, 2.75) is 32.2 Å². The first-order valence-corrected chi connectivity index (χ1v) is 8.04. The van der Waals surface area contributed by atoms with E-state index in [4.69, 9.17) is 14.2 Å². The van der Waals surface area contributed by atoms with Gasteiger partial charge in [0, 0.05) is 24.8 Å². The molecular formula is C19H23NO3. The zero-order valence-corrected chi connectivity index (χ0v) is 13.5. The molecule has 1 fully saturated rings. The number of rotatable bonds is 7. The molecule has 1 aliphatic heterocycles. The Morgan fingerprint density at radius 1 is 1.17 bits per heavy atom. The Bertz CT molecular complexity index is 609. The molecular weight excluding hydrogens is 290 g/mol. The minimum Gasteiger partial charge on any atom is -0.496 e. The van der Waals surface area contributed by atoms with E-state index >= 15 is 0 Å². The molecule has 23 heavy (non-hydrogen) atoms. The molecule has 1 saturated heterocycles. The van der Waals surface area contributed by atoms with Gasteiger partial charge >= 0.3 is 0 Å². The Kier molecular flexibility index (Phi) is 5.51. The first kappa shape index (κ1) is 15.8. The molecule has 1 unspecified atom stereocenters. The second-order valence-electron chi connectivity index (χ2n) is 5.63. The van der Waals surface area contributed by atoms with Crippen molar-refractivity contribution in [2.75, 3.05) is 13.7 Å². The largest absolute Gasteiger partial charge is 0.496 e. The lowest BCUT2D eigenvalue weighted by Gasteiger charge is -2.15. The van der Waals surface area contributed by atoms with E-state index in [1.54, 1.807) is 7.11 Å². The molecule has 3 rings (SSSR count). The summed E-state index contributed by atoms with van der Waals surface area (Å²) in [6.07, 6.45) is 2.36. The van der Waals surface area contributed by atoms with E-state index < -0.39 is 0 Å². The average molecular weight is 313 g/mol. The van der Waals surface area contributed by atoms with E-state index in [2.05, 4.69) is 17.4 Å². The van der Waals surface area contributed by atoms with Crippen LogP contribution in [0.2, 0.25) is 0 Å². The van der Waals surface area contributed by atoms with E-state index in [0.29, 0.717) is 6.61 Å². The summed E-state index contributed by atoms with van der Waals surface area (Å²) in [6, 6.07) is 16.1. The molecule has 1 aliphatic rings. The van der Waals surface area contributed by atoms with Crippen LogP contribution in [0.1, 0.15) is 24.0 Å². The second kappa shape index (κ2) is 7.99. The smallest absolute Gasteiger partial charge is 0.127 e. The lowest BCUT2D eigenvalue weighted by atomic mass is 10.2.